The zero-order valence-corrected chi connectivity index (χ0v) is 16.9. The van der Waals surface area contributed by atoms with Gasteiger partial charge in [0.15, 0.2) is 5.96 Å². The van der Waals surface area contributed by atoms with Gasteiger partial charge >= 0.3 is 6.09 Å². The van der Waals surface area contributed by atoms with Crippen LogP contribution in [0.25, 0.3) is 0 Å². The third-order valence-electron chi connectivity index (χ3n) is 4.67. The number of carbonyl (C=O) groups is 1. The fourth-order valence-corrected chi connectivity index (χ4v) is 3.32. The molecule has 0 aromatic heterocycles. The number of nitrogens with zero attached hydrogens (tertiary/aromatic N) is 4. The lowest BCUT2D eigenvalue weighted by Gasteiger charge is -2.41. The van der Waals surface area contributed by atoms with Gasteiger partial charge in [0.2, 0.25) is 0 Å². The average molecular weight is 353 g/mol. The molecule has 2 aliphatic rings. The van der Waals surface area contributed by atoms with Crippen molar-refractivity contribution in [2.45, 2.75) is 65.0 Å². The molecule has 2 fully saturated rings. The molecule has 6 heteroatoms. The van der Waals surface area contributed by atoms with E-state index in [1.54, 1.807) is 0 Å². The highest BCUT2D eigenvalue weighted by Gasteiger charge is 2.35. The summed E-state index contributed by atoms with van der Waals surface area (Å²) in [5.41, 5.74) is -0.439. The summed E-state index contributed by atoms with van der Waals surface area (Å²) in [6, 6.07) is 0.275. The molecule has 1 amide bonds. The molecule has 0 bridgehead atoms. The smallest absolute Gasteiger partial charge is 0.410 e. The summed E-state index contributed by atoms with van der Waals surface area (Å²) in [4.78, 5) is 23.8. The number of ether oxygens (including phenoxy) is 1. The molecule has 1 saturated heterocycles. The van der Waals surface area contributed by atoms with E-state index in [0.717, 1.165) is 45.0 Å². The maximum Gasteiger partial charge on any atom is 0.410 e. The Hall–Kier alpha value is -1.46. The van der Waals surface area contributed by atoms with Crippen LogP contribution in [0.2, 0.25) is 0 Å². The van der Waals surface area contributed by atoms with Gasteiger partial charge in [-0.05, 0) is 59.3 Å². The largest absolute Gasteiger partial charge is 0.444 e. The van der Waals surface area contributed by atoms with E-state index in [1.165, 1.54) is 12.8 Å². The van der Waals surface area contributed by atoms with E-state index < -0.39 is 5.60 Å². The fraction of sp³-hybridized carbons (Fsp3) is 0.895. The SMILES string of the molecule is CCN=C(N(C)C)N1CCC(N(CC2CC2)C(=O)OC(C)(C)C)CC1. The minimum absolute atomic E-state index is 0.145. The highest BCUT2D eigenvalue weighted by atomic mass is 16.6. The van der Waals surface area contributed by atoms with Crippen molar-refractivity contribution in [1.29, 1.82) is 0 Å². The Morgan fingerprint density at radius 2 is 1.76 bits per heavy atom. The summed E-state index contributed by atoms with van der Waals surface area (Å²) >= 11 is 0. The van der Waals surface area contributed by atoms with Crippen molar-refractivity contribution in [1.82, 2.24) is 14.7 Å². The molecule has 0 radical (unpaired) electrons. The van der Waals surface area contributed by atoms with E-state index in [1.807, 2.05) is 39.8 Å². The van der Waals surface area contributed by atoms with Crippen LogP contribution in [0.5, 0.6) is 0 Å². The molecule has 0 spiro atoms. The third kappa shape index (κ3) is 6.08. The van der Waals surface area contributed by atoms with E-state index in [2.05, 4.69) is 21.7 Å². The lowest BCUT2D eigenvalue weighted by molar-refractivity contribution is 0.00911. The molecule has 0 aromatic carbocycles. The summed E-state index contributed by atoms with van der Waals surface area (Å²) in [6.45, 7) is 11.4. The molecule has 0 aromatic rings. The second-order valence-electron chi connectivity index (χ2n) is 8.46. The standard InChI is InChI=1S/C19H36N4O2/c1-7-20-17(21(5)6)22-12-10-16(11-13-22)23(14-15-8-9-15)18(24)25-19(2,3)4/h15-16H,7-14H2,1-6H3. The maximum absolute atomic E-state index is 12.7. The van der Waals surface area contributed by atoms with Crippen molar-refractivity contribution >= 4 is 12.1 Å². The molecule has 0 atom stereocenters. The summed E-state index contributed by atoms with van der Waals surface area (Å²) < 4.78 is 5.67. The summed E-state index contributed by atoms with van der Waals surface area (Å²) in [7, 11) is 4.08. The van der Waals surface area contributed by atoms with Crippen LogP contribution in [-0.2, 0) is 4.74 Å². The first-order chi connectivity index (χ1) is 11.7. The monoisotopic (exact) mass is 352 g/mol. The Kier molecular flexibility index (Phi) is 6.58. The summed E-state index contributed by atoms with van der Waals surface area (Å²) in [6.07, 6.45) is 4.29. The molecule has 0 unspecified atom stereocenters. The zero-order chi connectivity index (χ0) is 18.6. The van der Waals surface area contributed by atoms with Crippen molar-refractivity contribution < 1.29 is 9.53 Å². The first-order valence-corrected chi connectivity index (χ1v) is 9.67. The quantitative estimate of drug-likeness (QED) is 0.576. The molecule has 1 heterocycles. The molecule has 1 aliphatic carbocycles. The number of hydrogen-bond donors (Lipinski definition) is 0. The van der Waals surface area contributed by atoms with Crippen LogP contribution >= 0.6 is 0 Å². The number of rotatable bonds is 4. The Labute approximate surface area is 153 Å². The lowest BCUT2D eigenvalue weighted by atomic mass is 10.0. The van der Waals surface area contributed by atoms with Crippen LogP contribution < -0.4 is 0 Å². The molecule has 2 rings (SSSR count). The van der Waals surface area contributed by atoms with Gasteiger partial charge in [0, 0.05) is 46.3 Å². The number of likely N-dealkylation sites (tertiary alicyclic amines) is 1. The molecule has 0 N–H and O–H groups in total. The second-order valence-corrected chi connectivity index (χ2v) is 8.46. The van der Waals surface area contributed by atoms with Crippen LogP contribution in [0, 0.1) is 5.92 Å². The van der Waals surface area contributed by atoms with E-state index in [9.17, 15) is 4.79 Å². The number of guanidine groups is 1. The van der Waals surface area contributed by atoms with Crippen LogP contribution in [0.15, 0.2) is 4.99 Å². The van der Waals surface area contributed by atoms with Gasteiger partial charge in [-0.15, -0.1) is 0 Å². The third-order valence-corrected chi connectivity index (χ3v) is 4.67. The van der Waals surface area contributed by atoms with Crippen molar-refractivity contribution in [3.05, 3.63) is 0 Å². The Morgan fingerprint density at radius 3 is 2.20 bits per heavy atom. The van der Waals surface area contributed by atoms with Crippen LogP contribution in [0.3, 0.4) is 0 Å². The number of hydrogen-bond acceptors (Lipinski definition) is 3. The first kappa shape index (κ1) is 19.9. The average Bonchev–Trinajstić information content (AvgIpc) is 3.32. The minimum atomic E-state index is -0.439. The number of piperidine rings is 1. The Morgan fingerprint density at radius 1 is 1.16 bits per heavy atom. The molecule has 25 heavy (non-hydrogen) atoms. The van der Waals surface area contributed by atoms with Crippen molar-refractivity contribution in [2.24, 2.45) is 10.9 Å². The summed E-state index contributed by atoms with van der Waals surface area (Å²) in [5, 5.41) is 0. The Balaban J connectivity index is 1.98. The molecule has 1 aliphatic heterocycles. The van der Waals surface area contributed by atoms with Gasteiger partial charge in [-0.2, -0.15) is 0 Å². The maximum atomic E-state index is 12.7. The van der Waals surface area contributed by atoms with Crippen LogP contribution in [0.1, 0.15) is 53.4 Å². The van der Waals surface area contributed by atoms with Crippen molar-refractivity contribution in [3.8, 4) is 0 Å². The van der Waals surface area contributed by atoms with Crippen molar-refractivity contribution in [3.63, 3.8) is 0 Å². The number of aliphatic imine (C=N–C) groups is 1. The normalized spacial score (nSPS) is 19.8. The van der Waals surface area contributed by atoms with E-state index in [4.69, 9.17) is 4.74 Å². The zero-order valence-electron chi connectivity index (χ0n) is 16.9. The second kappa shape index (κ2) is 8.28. The Bertz CT molecular complexity index is 472. The molecule has 144 valence electrons. The summed E-state index contributed by atoms with van der Waals surface area (Å²) in [5.74, 6) is 1.72. The first-order valence-electron chi connectivity index (χ1n) is 9.67. The topological polar surface area (TPSA) is 48.4 Å². The van der Waals surface area contributed by atoms with Crippen LogP contribution in [-0.4, -0.2) is 78.7 Å². The lowest BCUT2D eigenvalue weighted by Crippen LogP contribution is -2.52. The van der Waals surface area contributed by atoms with Gasteiger partial charge < -0.3 is 19.4 Å². The van der Waals surface area contributed by atoms with Gasteiger partial charge in [0.25, 0.3) is 0 Å². The fourth-order valence-electron chi connectivity index (χ4n) is 3.32. The highest BCUT2D eigenvalue weighted by Crippen LogP contribution is 2.32. The number of carbonyl (C=O) groups excluding carboxylic acids is 1. The van der Waals surface area contributed by atoms with E-state index in [0.29, 0.717) is 5.92 Å². The number of amides is 1. The predicted octanol–water partition coefficient (Wildman–Crippen LogP) is 3.04. The van der Waals surface area contributed by atoms with Crippen molar-refractivity contribution in [2.75, 3.05) is 40.3 Å². The highest BCUT2D eigenvalue weighted by molar-refractivity contribution is 5.79. The van der Waals surface area contributed by atoms with Gasteiger partial charge in [-0.25, -0.2) is 4.79 Å². The molecule has 6 nitrogen and oxygen atoms in total. The van der Waals surface area contributed by atoms with Gasteiger partial charge in [0.1, 0.15) is 5.60 Å². The van der Waals surface area contributed by atoms with Crippen LogP contribution in [0.4, 0.5) is 4.79 Å². The van der Waals surface area contributed by atoms with E-state index >= 15 is 0 Å². The van der Waals surface area contributed by atoms with Gasteiger partial charge in [-0.3, -0.25) is 4.99 Å². The molecular formula is C19H36N4O2. The molecule has 1 saturated carbocycles. The van der Waals surface area contributed by atoms with Gasteiger partial charge in [-0.1, -0.05) is 0 Å². The van der Waals surface area contributed by atoms with Gasteiger partial charge in [0.05, 0.1) is 0 Å². The predicted molar refractivity (Wildman–Crippen MR) is 102 cm³/mol. The van der Waals surface area contributed by atoms with E-state index in [-0.39, 0.29) is 12.1 Å². The molecular weight excluding hydrogens is 316 g/mol. The minimum Gasteiger partial charge on any atom is -0.444 e.